The van der Waals surface area contributed by atoms with Gasteiger partial charge in [0.05, 0.1) is 0 Å². The molecule has 2 aromatic rings. The molecule has 0 amide bonds. The smallest absolute Gasteiger partial charge is 0.168 e. The largest absolute Gasteiger partial charge is 0.364 e. The summed E-state index contributed by atoms with van der Waals surface area (Å²) in [7, 11) is 0. The fourth-order valence-electron chi connectivity index (χ4n) is 3.32. The van der Waals surface area contributed by atoms with E-state index in [1.54, 1.807) is 0 Å². The van der Waals surface area contributed by atoms with E-state index in [1.807, 2.05) is 48.5 Å². The molecule has 110 valence electrons. The van der Waals surface area contributed by atoms with Crippen molar-refractivity contribution in [3.8, 4) is 0 Å². The van der Waals surface area contributed by atoms with Crippen LogP contribution in [-0.2, 0) is 0 Å². The minimum Gasteiger partial charge on any atom is -0.364 e. The summed E-state index contributed by atoms with van der Waals surface area (Å²) in [6, 6.07) is 15.2. The third-order valence-electron chi connectivity index (χ3n) is 4.40. The van der Waals surface area contributed by atoms with Crippen molar-refractivity contribution in [1.29, 1.82) is 0 Å². The Labute approximate surface area is 128 Å². The van der Waals surface area contributed by atoms with Crippen LogP contribution in [0.3, 0.4) is 0 Å². The molecular weight excluding hydrogens is 276 g/mol. The Bertz CT molecular complexity index is 769. The van der Waals surface area contributed by atoms with Crippen LogP contribution in [0.5, 0.6) is 0 Å². The normalized spacial score (nSPS) is 20.2. The van der Waals surface area contributed by atoms with Gasteiger partial charge >= 0.3 is 0 Å². The van der Waals surface area contributed by atoms with Gasteiger partial charge in [-0.05, 0) is 24.3 Å². The van der Waals surface area contributed by atoms with Crippen LogP contribution < -0.4 is 10.2 Å². The molecule has 0 aromatic heterocycles. The molecule has 0 spiro atoms. The van der Waals surface area contributed by atoms with Gasteiger partial charge in [0.15, 0.2) is 11.6 Å². The zero-order chi connectivity index (χ0) is 15.1. The highest BCUT2D eigenvalue weighted by Crippen LogP contribution is 2.33. The number of hydrogen-bond acceptors (Lipinski definition) is 4. The molecular formula is C18H16N2O2. The van der Waals surface area contributed by atoms with E-state index >= 15 is 0 Å². The van der Waals surface area contributed by atoms with Crippen LogP contribution in [0.15, 0.2) is 48.5 Å². The number of carbonyl (C=O) groups excluding carboxylic acids is 2. The molecule has 0 fully saturated rings. The molecule has 0 radical (unpaired) electrons. The fourth-order valence-corrected chi connectivity index (χ4v) is 3.32. The van der Waals surface area contributed by atoms with Gasteiger partial charge < -0.3 is 10.2 Å². The molecule has 1 N–H and O–H groups in total. The van der Waals surface area contributed by atoms with Crippen molar-refractivity contribution >= 4 is 22.9 Å². The first-order valence-corrected chi connectivity index (χ1v) is 7.52. The molecule has 2 aromatic carbocycles. The number of anilines is 2. The van der Waals surface area contributed by atoms with E-state index in [-0.39, 0.29) is 17.7 Å². The maximum atomic E-state index is 12.4. The molecule has 4 nitrogen and oxygen atoms in total. The second-order valence-corrected chi connectivity index (χ2v) is 5.72. The lowest BCUT2D eigenvalue weighted by Gasteiger charge is -2.40. The molecule has 0 saturated carbocycles. The average Bonchev–Trinajstić information content (AvgIpc) is 2.55. The van der Waals surface area contributed by atoms with Crippen molar-refractivity contribution in [2.75, 3.05) is 16.8 Å². The van der Waals surface area contributed by atoms with Gasteiger partial charge in [-0.1, -0.05) is 24.3 Å². The van der Waals surface area contributed by atoms with Crippen LogP contribution in [0, 0.1) is 0 Å². The van der Waals surface area contributed by atoms with E-state index in [0.29, 0.717) is 19.4 Å². The van der Waals surface area contributed by atoms with Gasteiger partial charge in [-0.15, -0.1) is 0 Å². The van der Waals surface area contributed by atoms with Crippen LogP contribution in [0.4, 0.5) is 11.4 Å². The number of Topliss-reactive ketones (excluding diaryl/α,β-unsaturated/α-hetero) is 2. The average molecular weight is 292 g/mol. The highest BCUT2D eigenvalue weighted by molar-refractivity contribution is 6.05. The Morgan fingerprint density at radius 1 is 0.909 bits per heavy atom. The summed E-state index contributed by atoms with van der Waals surface area (Å²) in [5, 5.41) is 3.45. The monoisotopic (exact) mass is 292 g/mol. The minimum atomic E-state index is -0.100. The molecule has 1 unspecified atom stereocenters. The number of nitrogens with one attached hydrogen (secondary N) is 1. The quantitative estimate of drug-likeness (QED) is 0.877. The number of para-hydroxylation sites is 2. The molecule has 2 aliphatic rings. The van der Waals surface area contributed by atoms with Gasteiger partial charge in [-0.2, -0.15) is 0 Å². The van der Waals surface area contributed by atoms with Crippen molar-refractivity contribution in [1.82, 2.24) is 0 Å². The lowest BCUT2D eigenvalue weighted by atomic mass is 9.95. The van der Waals surface area contributed by atoms with E-state index in [9.17, 15) is 9.59 Å². The number of hydrogen-bond donors (Lipinski definition) is 1. The maximum Gasteiger partial charge on any atom is 0.168 e. The second-order valence-electron chi connectivity index (χ2n) is 5.72. The summed E-state index contributed by atoms with van der Waals surface area (Å²) in [5.41, 5.74) is 3.29. The van der Waals surface area contributed by atoms with E-state index < -0.39 is 0 Å². The molecule has 2 aliphatic heterocycles. The van der Waals surface area contributed by atoms with Gasteiger partial charge in [0.2, 0.25) is 0 Å². The molecule has 0 saturated heterocycles. The Kier molecular flexibility index (Phi) is 2.96. The van der Waals surface area contributed by atoms with Crippen LogP contribution in [0.1, 0.15) is 33.6 Å². The molecule has 1 atom stereocenters. The van der Waals surface area contributed by atoms with Gasteiger partial charge in [-0.3, -0.25) is 9.59 Å². The number of ketones is 2. The third-order valence-corrected chi connectivity index (χ3v) is 4.40. The van der Waals surface area contributed by atoms with Crippen LogP contribution in [-0.4, -0.2) is 24.3 Å². The Balaban J connectivity index is 1.71. The molecule has 22 heavy (non-hydrogen) atoms. The third kappa shape index (κ3) is 1.99. The summed E-state index contributed by atoms with van der Waals surface area (Å²) >= 11 is 0. The van der Waals surface area contributed by atoms with Crippen LogP contribution in [0.2, 0.25) is 0 Å². The summed E-state index contributed by atoms with van der Waals surface area (Å²) in [5.74, 6) is 0.322. The zero-order valence-corrected chi connectivity index (χ0v) is 12.1. The zero-order valence-electron chi connectivity index (χ0n) is 12.1. The van der Waals surface area contributed by atoms with Crippen LogP contribution in [0.25, 0.3) is 0 Å². The fraction of sp³-hybridized carbons (Fsp3) is 0.222. The second kappa shape index (κ2) is 4.98. The first kappa shape index (κ1) is 13.1. The van der Waals surface area contributed by atoms with Crippen molar-refractivity contribution in [2.45, 2.75) is 19.0 Å². The summed E-state index contributed by atoms with van der Waals surface area (Å²) in [4.78, 5) is 26.6. The Hall–Kier alpha value is -2.62. The molecule has 0 bridgehead atoms. The van der Waals surface area contributed by atoms with E-state index in [2.05, 4.69) is 10.2 Å². The van der Waals surface area contributed by atoms with Gasteiger partial charge in [0, 0.05) is 41.9 Å². The van der Waals surface area contributed by atoms with Gasteiger partial charge in [-0.25, -0.2) is 0 Å². The number of rotatable bonds is 1. The summed E-state index contributed by atoms with van der Waals surface area (Å²) in [6.07, 6.45) is 0.807. The first-order valence-electron chi connectivity index (χ1n) is 7.52. The minimum absolute atomic E-state index is 0.100. The number of fused-ring (bicyclic) bond motifs is 2. The van der Waals surface area contributed by atoms with Crippen molar-refractivity contribution in [3.63, 3.8) is 0 Å². The van der Waals surface area contributed by atoms with Crippen molar-refractivity contribution in [2.24, 2.45) is 0 Å². The van der Waals surface area contributed by atoms with Gasteiger partial charge in [0.25, 0.3) is 0 Å². The number of carbonyl (C=O) groups is 2. The predicted molar refractivity (Wildman–Crippen MR) is 85.5 cm³/mol. The lowest BCUT2D eigenvalue weighted by molar-refractivity contribution is 0.0970. The highest BCUT2D eigenvalue weighted by atomic mass is 16.1. The van der Waals surface area contributed by atoms with Crippen LogP contribution >= 0.6 is 0 Å². The SMILES string of the molecule is O=C1CC(N2CCC(=O)c3ccccc32)Nc2ccccc21. The van der Waals surface area contributed by atoms with Crippen molar-refractivity contribution < 1.29 is 9.59 Å². The van der Waals surface area contributed by atoms with E-state index in [0.717, 1.165) is 22.5 Å². The first-order chi connectivity index (χ1) is 10.7. The topological polar surface area (TPSA) is 49.4 Å². The molecule has 2 heterocycles. The Morgan fingerprint density at radius 3 is 2.50 bits per heavy atom. The maximum absolute atomic E-state index is 12.4. The summed E-state index contributed by atoms with van der Waals surface area (Å²) < 4.78 is 0. The van der Waals surface area contributed by atoms with E-state index in [1.165, 1.54) is 0 Å². The predicted octanol–water partition coefficient (Wildman–Crippen LogP) is 3.10. The van der Waals surface area contributed by atoms with E-state index in [4.69, 9.17) is 0 Å². The number of benzene rings is 2. The van der Waals surface area contributed by atoms with Gasteiger partial charge in [0.1, 0.15) is 6.17 Å². The molecule has 0 aliphatic carbocycles. The molecule has 4 rings (SSSR count). The van der Waals surface area contributed by atoms with Crippen molar-refractivity contribution in [3.05, 3.63) is 59.7 Å². The number of nitrogens with zero attached hydrogens (tertiary/aromatic N) is 1. The standard InChI is InChI=1S/C18H16N2O2/c21-16-9-10-20(15-8-4-2-6-13(15)16)18-11-17(22)12-5-1-3-7-14(12)19-18/h1-8,18-19H,9-11H2. The summed E-state index contributed by atoms with van der Waals surface area (Å²) in [6.45, 7) is 0.642. The highest BCUT2D eigenvalue weighted by Gasteiger charge is 2.32. The Morgan fingerprint density at radius 2 is 1.64 bits per heavy atom. The lowest BCUT2D eigenvalue weighted by Crippen LogP contribution is -2.48. The molecule has 4 heteroatoms.